The molecule has 0 aromatic heterocycles. The molecule has 0 aliphatic carbocycles. The number of imide groups is 1. The zero-order valence-electron chi connectivity index (χ0n) is 10.4. The van der Waals surface area contributed by atoms with Gasteiger partial charge in [-0.05, 0) is 24.6 Å². The van der Waals surface area contributed by atoms with Crippen LogP contribution in [0.15, 0.2) is 24.3 Å². The molecule has 1 rings (SSSR count). The number of phenolic OH excluding ortho intramolecular Hbond substituents is 1. The van der Waals surface area contributed by atoms with Crippen LogP contribution in [-0.4, -0.2) is 30.1 Å². The van der Waals surface area contributed by atoms with Crippen molar-refractivity contribution in [1.82, 2.24) is 16.0 Å². The number of carbonyl (C=O) groups is 2. The summed E-state index contributed by atoms with van der Waals surface area (Å²) in [5.74, 6) is -0.197. The topological polar surface area (TPSA) is 90.5 Å². The summed E-state index contributed by atoms with van der Waals surface area (Å²) >= 11 is 0. The highest BCUT2D eigenvalue weighted by atomic mass is 16.3. The van der Waals surface area contributed by atoms with Gasteiger partial charge in [0, 0.05) is 13.6 Å². The monoisotopic (exact) mass is 251 g/mol. The van der Waals surface area contributed by atoms with Gasteiger partial charge in [-0.25, -0.2) is 4.79 Å². The number of phenols is 1. The number of carbonyl (C=O) groups excluding carboxylic acids is 2. The molecule has 0 saturated carbocycles. The Morgan fingerprint density at radius 1 is 1.28 bits per heavy atom. The zero-order valence-corrected chi connectivity index (χ0v) is 10.4. The Kier molecular flexibility index (Phi) is 5.13. The molecule has 0 aliphatic heterocycles. The second-order valence-corrected chi connectivity index (χ2v) is 3.84. The number of hydrogen-bond acceptors (Lipinski definition) is 4. The first-order valence-corrected chi connectivity index (χ1v) is 5.57. The Hall–Kier alpha value is -2.08. The Bertz CT molecular complexity index is 417. The SMILES string of the molecule is CNC(=O)NC(=O)C(C)NCc1ccc(O)cc1. The Balaban J connectivity index is 2.40. The quantitative estimate of drug-likeness (QED) is 0.620. The van der Waals surface area contributed by atoms with E-state index in [1.807, 2.05) is 0 Å². The third-order valence-corrected chi connectivity index (χ3v) is 2.41. The molecule has 1 atom stereocenters. The minimum absolute atomic E-state index is 0.198. The van der Waals surface area contributed by atoms with E-state index in [0.717, 1.165) is 5.56 Å². The van der Waals surface area contributed by atoms with E-state index in [-0.39, 0.29) is 5.75 Å². The predicted molar refractivity (Wildman–Crippen MR) is 67.0 cm³/mol. The maximum Gasteiger partial charge on any atom is 0.321 e. The summed E-state index contributed by atoms with van der Waals surface area (Å²) in [4.78, 5) is 22.5. The molecule has 18 heavy (non-hydrogen) atoms. The van der Waals surface area contributed by atoms with Crippen molar-refractivity contribution in [2.24, 2.45) is 0 Å². The molecule has 98 valence electrons. The summed E-state index contributed by atoms with van der Waals surface area (Å²) < 4.78 is 0. The molecule has 0 saturated heterocycles. The second kappa shape index (κ2) is 6.61. The van der Waals surface area contributed by atoms with Crippen LogP contribution in [0.4, 0.5) is 4.79 Å². The summed E-state index contributed by atoms with van der Waals surface area (Å²) in [5, 5.41) is 16.6. The highest BCUT2D eigenvalue weighted by molar-refractivity contribution is 5.96. The van der Waals surface area contributed by atoms with Crippen LogP contribution in [0.25, 0.3) is 0 Å². The van der Waals surface area contributed by atoms with Crippen molar-refractivity contribution in [2.75, 3.05) is 7.05 Å². The smallest absolute Gasteiger partial charge is 0.321 e. The number of aromatic hydroxyl groups is 1. The molecule has 3 amide bonds. The molecule has 0 fully saturated rings. The van der Waals surface area contributed by atoms with Gasteiger partial charge in [0.25, 0.3) is 0 Å². The van der Waals surface area contributed by atoms with Crippen LogP contribution < -0.4 is 16.0 Å². The van der Waals surface area contributed by atoms with Crippen molar-refractivity contribution < 1.29 is 14.7 Å². The molecular formula is C12H17N3O3. The number of urea groups is 1. The fourth-order valence-corrected chi connectivity index (χ4v) is 1.26. The third kappa shape index (κ3) is 4.42. The summed E-state index contributed by atoms with van der Waals surface area (Å²) in [6.45, 7) is 2.14. The van der Waals surface area contributed by atoms with E-state index in [1.54, 1.807) is 31.2 Å². The number of nitrogens with one attached hydrogen (secondary N) is 3. The first-order chi connectivity index (χ1) is 8.52. The average Bonchev–Trinajstić information content (AvgIpc) is 2.37. The molecule has 0 bridgehead atoms. The molecule has 1 unspecified atom stereocenters. The Labute approximate surface area is 105 Å². The average molecular weight is 251 g/mol. The molecule has 6 heteroatoms. The first kappa shape index (κ1) is 14.0. The van der Waals surface area contributed by atoms with Crippen LogP contribution in [0.3, 0.4) is 0 Å². The van der Waals surface area contributed by atoms with E-state index in [4.69, 9.17) is 5.11 Å². The van der Waals surface area contributed by atoms with Gasteiger partial charge >= 0.3 is 6.03 Å². The van der Waals surface area contributed by atoms with E-state index in [9.17, 15) is 9.59 Å². The van der Waals surface area contributed by atoms with Gasteiger partial charge < -0.3 is 15.7 Å². The largest absolute Gasteiger partial charge is 0.508 e. The third-order valence-electron chi connectivity index (χ3n) is 2.41. The predicted octanol–water partition coefficient (Wildman–Crippen LogP) is 0.326. The van der Waals surface area contributed by atoms with Gasteiger partial charge in [-0.15, -0.1) is 0 Å². The molecule has 1 aromatic rings. The lowest BCUT2D eigenvalue weighted by Crippen LogP contribution is -2.47. The van der Waals surface area contributed by atoms with Gasteiger partial charge in [-0.2, -0.15) is 0 Å². The fourth-order valence-electron chi connectivity index (χ4n) is 1.26. The highest BCUT2D eigenvalue weighted by Gasteiger charge is 2.14. The van der Waals surface area contributed by atoms with Gasteiger partial charge in [-0.3, -0.25) is 10.1 Å². The van der Waals surface area contributed by atoms with Crippen LogP contribution in [0, 0.1) is 0 Å². The van der Waals surface area contributed by atoms with Crippen molar-refractivity contribution >= 4 is 11.9 Å². The number of rotatable bonds is 4. The fraction of sp³-hybridized carbons (Fsp3) is 0.333. The summed E-state index contributed by atoms with van der Waals surface area (Å²) in [6.07, 6.45) is 0. The van der Waals surface area contributed by atoms with E-state index < -0.39 is 18.0 Å². The van der Waals surface area contributed by atoms with Gasteiger partial charge in [0.2, 0.25) is 5.91 Å². The number of amides is 3. The Morgan fingerprint density at radius 2 is 1.89 bits per heavy atom. The van der Waals surface area contributed by atoms with Gasteiger partial charge in [0.1, 0.15) is 5.75 Å². The standard InChI is InChI=1S/C12H17N3O3/c1-8(11(17)15-12(18)13-2)14-7-9-3-5-10(16)6-4-9/h3-6,8,14,16H,7H2,1-2H3,(H2,13,15,17,18). The minimum Gasteiger partial charge on any atom is -0.508 e. The summed E-state index contributed by atoms with van der Waals surface area (Å²) in [6, 6.07) is 5.64. The lowest BCUT2D eigenvalue weighted by atomic mass is 10.2. The normalized spacial score (nSPS) is 11.7. The highest BCUT2D eigenvalue weighted by Crippen LogP contribution is 2.09. The lowest BCUT2D eigenvalue weighted by molar-refractivity contribution is -0.121. The van der Waals surface area contributed by atoms with Crippen LogP contribution in [0.5, 0.6) is 5.75 Å². The molecule has 6 nitrogen and oxygen atoms in total. The molecule has 0 radical (unpaired) electrons. The van der Waals surface area contributed by atoms with E-state index in [2.05, 4.69) is 16.0 Å². The molecule has 0 spiro atoms. The zero-order chi connectivity index (χ0) is 13.5. The molecule has 0 aliphatic rings. The molecule has 0 heterocycles. The van der Waals surface area contributed by atoms with E-state index in [1.165, 1.54) is 7.05 Å². The van der Waals surface area contributed by atoms with Crippen LogP contribution in [-0.2, 0) is 11.3 Å². The van der Waals surface area contributed by atoms with Crippen molar-refractivity contribution in [3.63, 3.8) is 0 Å². The summed E-state index contributed by atoms with van der Waals surface area (Å²) in [7, 11) is 1.44. The van der Waals surface area contributed by atoms with Gasteiger partial charge in [0.05, 0.1) is 6.04 Å². The molecule has 1 aromatic carbocycles. The van der Waals surface area contributed by atoms with E-state index in [0.29, 0.717) is 6.54 Å². The van der Waals surface area contributed by atoms with Gasteiger partial charge in [-0.1, -0.05) is 12.1 Å². The van der Waals surface area contributed by atoms with Crippen molar-refractivity contribution in [3.05, 3.63) is 29.8 Å². The minimum atomic E-state index is -0.529. The number of benzene rings is 1. The van der Waals surface area contributed by atoms with Crippen molar-refractivity contribution in [1.29, 1.82) is 0 Å². The summed E-state index contributed by atoms with van der Waals surface area (Å²) in [5.41, 5.74) is 0.937. The van der Waals surface area contributed by atoms with Crippen molar-refractivity contribution in [2.45, 2.75) is 19.5 Å². The maximum atomic E-state index is 11.5. The first-order valence-electron chi connectivity index (χ1n) is 5.57. The molecular weight excluding hydrogens is 234 g/mol. The maximum absolute atomic E-state index is 11.5. The van der Waals surface area contributed by atoms with Crippen LogP contribution in [0.1, 0.15) is 12.5 Å². The van der Waals surface area contributed by atoms with Crippen molar-refractivity contribution in [3.8, 4) is 5.75 Å². The Morgan fingerprint density at radius 3 is 2.44 bits per heavy atom. The molecule has 4 N–H and O–H groups in total. The van der Waals surface area contributed by atoms with E-state index >= 15 is 0 Å². The second-order valence-electron chi connectivity index (χ2n) is 3.84. The van der Waals surface area contributed by atoms with Crippen LogP contribution in [0.2, 0.25) is 0 Å². The number of hydrogen-bond donors (Lipinski definition) is 4. The lowest BCUT2D eigenvalue weighted by Gasteiger charge is -2.13. The van der Waals surface area contributed by atoms with Crippen LogP contribution >= 0.6 is 0 Å². The van der Waals surface area contributed by atoms with Gasteiger partial charge in [0.15, 0.2) is 0 Å².